The molecule has 0 spiro atoms. The molecule has 3 nitrogen and oxygen atoms in total. The van der Waals surface area contributed by atoms with Gasteiger partial charge in [0.1, 0.15) is 11.5 Å². The van der Waals surface area contributed by atoms with E-state index in [-0.39, 0.29) is 11.6 Å². The van der Waals surface area contributed by atoms with Gasteiger partial charge in [-0.15, -0.1) is 0 Å². The molecule has 0 N–H and O–H groups in total. The maximum Gasteiger partial charge on any atom is 0.189 e. The number of carbonyl (C=O) groups excluding carboxylic acids is 1. The van der Waals surface area contributed by atoms with Gasteiger partial charge >= 0.3 is 0 Å². The highest BCUT2D eigenvalue weighted by Crippen LogP contribution is 2.21. The molecule has 1 aromatic heterocycles. The zero-order valence-electron chi connectivity index (χ0n) is 17.8. The van der Waals surface area contributed by atoms with Gasteiger partial charge in [-0.2, -0.15) is 5.10 Å². The molecular weight excluding hydrogens is 358 g/mol. The van der Waals surface area contributed by atoms with Crippen molar-refractivity contribution >= 4 is 5.78 Å². The third-order valence-electron chi connectivity index (χ3n) is 4.89. The van der Waals surface area contributed by atoms with Gasteiger partial charge in [-0.1, -0.05) is 45.6 Å². The number of halogens is 2. The van der Waals surface area contributed by atoms with Crippen LogP contribution in [-0.2, 0) is 6.42 Å². The van der Waals surface area contributed by atoms with E-state index in [0.29, 0.717) is 5.69 Å². The first-order valence-electron chi connectivity index (χ1n) is 10.2. The molecule has 1 atom stereocenters. The average molecular weight is 393 g/mol. The molecule has 1 heterocycles. The first kappa shape index (κ1) is 24.0. The summed E-state index contributed by atoms with van der Waals surface area (Å²) in [6.45, 7) is 9.28. The monoisotopic (exact) mass is 392 g/mol. The number of ketones is 1. The lowest BCUT2D eigenvalue weighted by Crippen LogP contribution is -2.09. The maximum atomic E-state index is 13.2. The van der Waals surface area contributed by atoms with Crippen LogP contribution in [0.25, 0.3) is 0 Å². The van der Waals surface area contributed by atoms with Gasteiger partial charge in [-0.05, 0) is 61.9 Å². The minimum absolute atomic E-state index is 0.104. The van der Waals surface area contributed by atoms with Crippen molar-refractivity contribution in [2.75, 3.05) is 0 Å². The molecule has 156 valence electrons. The van der Waals surface area contributed by atoms with Crippen LogP contribution >= 0.6 is 0 Å². The van der Waals surface area contributed by atoms with Crippen LogP contribution < -0.4 is 0 Å². The zero-order valence-corrected chi connectivity index (χ0v) is 17.8. The normalized spacial score (nSPS) is 11.9. The van der Waals surface area contributed by atoms with Gasteiger partial charge < -0.3 is 0 Å². The standard InChI is InChI=1S/C16H25F.C7H9FN2O/c1-4-6-14(7-5-2)9-10-15-12-16(17)11-8-13(15)3;1-5(11)7-3-4-9-10(7)6(2)8/h8,11-12,14H,4-7,9-10H2,1-3H3;3-4,6H,1-2H3. The van der Waals surface area contributed by atoms with E-state index in [2.05, 4.69) is 25.9 Å². The van der Waals surface area contributed by atoms with Crippen molar-refractivity contribution < 1.29 is 13.6 Å². The summed E-state index contributed by atoms with van der Waals surface area (Å²) < 4.78 is 26.9. The Kier molecular flexibility index (Phi) is 10.6. The van der Waals surface area contributed by atoms with E-state index in [4.69, 9.17) is 0 Å². The molecule has 28 heavy (non-hydrogen) atoms. The van der Waals surface area contributed by atoms with E-state index in [0.717, 1.165) is 17.0 Å². The number of carbonyl (C=O) groups is 1. The minimum atomic E-state index is -1.25. The number of rotatable bonds is 9. The Bertz CT molecular complexity index is 719. The maximum absolute atomic E-state index is 13.2. The fourth-order valence-corrected chi connectivity index (χ4v) is 3.40. The summed E-state index contributed by atoms with van der Waals surface area (Å²) in [5, 5.41) is 3.66. The number of hydrogen-bond donors (Lipinski definition) is 0. The van der Waals surface area contributed by atoms with Crippen molar-refractivity contribution in [2.24, 2.45) is 5.92 Å². The number of alkyl halides is 1. The molecular formula is C23H34F2N2O. The number of aryl methyl sites for hydroxylation is 2. The molecule has 1 aromatic carbocycles. The predicted molar refractivity (Wildman–Crippen MR) is 111 cm³/mol. The largest absolute Gasteiger partial charge is 0.293 e. The lowest BCUT2D eigenvalue weighted by molar-refractivity contribution is 0.0991. The van der Waals surface area contributed by atoms with Crippen LogP contribution in [0.3, 0.4) is 0 Å². The highest BCUT2D eigenvalue weighted by atomic mass is 19.1. The summed E-state index contributed by atoms with van der Waals surface area (Å²) in [4.78, 5) is 10.8. The molecule has 0 aliphatic heterocycles. The van der Waals surface area contributed by atoms with Crippen LogP contribution in [0.2, 0.25) is 0 Å². The molecule has 0 saturated carbocycles. The first-order chi connectivity index (χ1) is 13.3. The third kappa shape index (κ3) is 7.91. The van der Waals surface area contributed by atoms with Gasteiger partial charge in [0.2, 0.25) is 0 Å². The first-order valence-corrected chi connectivity index (χ1v) is 10.2. The van der Waals surface area contributed by atoms with Crippen molar-refractivity contribution in [1.29, 1.82) is 0 Å². The van der Waals surface area contributed by atoms with Gasteiger partial charge in [0.25, 0.3) is 0 Å². The van der Waals surface area contributed by atoms with Crippen molar-refractivity contribution in [3.8, 4) is 0 Å². The van der Waals surface area contributed by atoms with Gasteiger partial charge in [0.05, 0.1) is 0 Å². The zero-order chi connectivity index (χ0) is 21.1. The Hall–Kier alpha value is -2.04. The van der Waals surface area contributed by atoms with E-state index in [1.165, 1.54) is 69.3 Å². The van der Waals surface area contributed by atoms with Crippen LogP contribution in [0.15, 0.2) is 30.5 Å². The Morgan fingerprint density at radius 1 is 1.14 bits per heavy atom. The Morgan fingerprint density at radius 2 is 1.79 bits per heavy atom. The molecule has 0 fully saturated rings. The van der Waals surface area contributed by atoms with E-state index in [1.807, 2.05) is 6.07 Å². The smallest absolute Gasteiger partial charge is 0.189 e. The molecule has 0 radical (unpaired) electrons. The van der Waals surface area contributed by atoms with E-state index < -0.39 is 6.30 Å². The average Bonchev–Trinajstić information content (AvgIpc) is 3.14. The summed E-state index contributed by atoms with van der Waals surface area (Å²) >= 11 is 0. The summed E-state index contributed by atoms with van der Waals surface area (Å²) in [5.41, 5.74) is 2.71. The molecule has 0 aliphatic rings. The number of hydrogen-bond acceptors (Lipinski definition) is 2. The minimum Gasteiger partial charge on any atom is -0.293 e. The van der Waals surface area contributed by atoms with Crippen LogP contribution in [0.5, 0.6) is 0 Å². The number of benzene rings is 1. The van der Waals surface area contributed by atoms with Gasteiger partial charge in [0.15, 0.2) is 12.1 Å². The molecule has 2 rings (SSSR count). The number of aromatic nitrogens is 2. The summed E-state index contributed by atoms with van der Waals surface area (Å²) in [5.74, 6) is 0.535. The van der Waals surface area contributed by atoms with Crippen LogP contribution in [-0.4, -0.2) is 15.6 Å². The topological polar surface area (TPSA) is 34.9 Å². The van der Waals surface area contributed by atoms with Crippen molar-refractivity contribution in [3.63, 3.8) is 0 Å². The molecule has 0 bridgehead atoms. The molecule has 0 amide bonds. The fraction of sp³-hybridized carbons (Fsp3) is 0.565. The van der Waals surface area contributed by atoms with Gasteiger partial charge in [-0.25, -0.2) is 13.5 Å². The Balaban J connectivity index is 0.000000307. The highest BCUT2D eigenvalue weighted by molar-refractivity contribution is 5.92. The molecule has 1 unspecified atom stereocenters. The summed E-state index contributed by atoms with van der Waals surface area (Å²) in [7, 11) is 0. The number of Topliss-reactive ketones (excluding diaryl/α,β-unsaturated/α-hetero) is 1. The second-order valence-corrected chi connectivity index (χ2v) is 7.34. The van der Waals surface area contributed by atoms with Crippen molar-refractivity contribution in [3.05, 3.63) is 53.1 Å². The Morgan fingerprint density at radius 3 is 2.29 bits per heavy atom. The van der Waals surface area contributed by atoms with Crippen LogP contribution in [0.1, 0.15) is 87.7 Å². The Labute approximate surface area is 168 Å². The van der Waals surface area contributed by atoms with Crippen molar-refractivity contribution in [1.82, 2.24) is 9.78 Å². The van der Waals surface area contributed by atoms with Gasteiger partial charge in [-0.3, -0.25) is 4.79 Å². The van der Waals surface area contributed by atoms with E-state index >= 15 is 0 Å². The summed E-state index contributed by atoms with van der Waals surface area (Å²) in [6, 6.07) is 6.64. The van der Waals surface area contributed by atoms with Gasteiger partial charge in [0, 0.05) is 13.1 Å². The number of nitrogens with zero attached hydrogens (tertiary/aromatic N) is 2. The lowest BCUT2D eigenvalue weighted by atomic mass is 9.90. The molecule has 0 aliphatic carbocycles. The van der Waals surface area contributed by atoms with E-state index in [1.54, 1.807) is 12.1 Å². The second kappa shape index (κ2) is 12.4. The fourth-order valence-electron chi connectivity index (χ4n) is 3.40. The SMILES string of the molecule is CC(=O)c1ccnn1C(C)F.CCCC(CCC)CCc1cc(F)ccc1C. The van der Waals surface area contributed by atoms with Crippen LogP contribution in [0, 0.1) is 18.7 Å². The molecule has 5 heteroatoms. The van der Waals surface area contributed by atoms with Crippen LogP contribution in [0.4, 0.5) is 8.78 Å². The summed E-state index contributed by atoms with van der Waals surface area (Å²) in [6.07, 6.45) is 7.51. The predicted octanol–water partition coefficient (Wildman–Crippen LogP) is 6.86. The third-order valence-corrected chi connectivity index (χ3v) is 4.89. The molecule has 0 saturated heterocycles. The van der Waals surface area contributed by atoms with Crippen molar-refractivity contribution in [2.45, 2.75) is 79.4 Å². The highest BCUT2D eigenvalue weighted by Gasteiger charge is 2.11. The molecule has 2 aromatic rings. The lowest BCUT2D eigenvalue weighted by Gasteiger charge is -2.15. The quantitative estimate of drug-likeness (QED) is 0.437. The second-order valence-electron chi connectivity index (χ2n) is 7.34. The van der Waals surface area contributed by atoms with E-state index in [9.17, 15) is 13.6 Å².